The van der Waals surface area contributed by atoms with Gasteiger partial charge in [0.1, 0.15) is 5.69 Å². The molecule has 90 valence electrons. The van der Waals surface area contributed by atoms with Crippen molar-refractivity contribution in [3.8, 4) is 0 Å². The lowest BCUT2D eigenvalue weighted by Crippen LogP contribution is -2.19. The van der Waals surface area contributed by atoms with Crippen LogP contribution in [0.1, 0.15) is 18.4 Å². The fourth-order valence-electron chi connectivity index (χ4n) is 1.94. The zero-order valence-corrected chi connectivity index (χ0v) is 9.27. The van der Waals surface area contributed by atoms with Crippen LogP contribution in [0.3, 0.4) is 0 Å². The molecular weight excluding hydrogens is 224 g/mol. The van der Waals surface area contributed by atoms with E-state index in [4.69, 9.17) is 5.11 Å². The Labute approximate surface area is 97.4 Å². The molecule has 0 bridgehead atoms. The second-order valence-electron chi connectivity index (χ2n) is 4.13. The largest absolute Gasteiger partial charge is 0.481 e. The Balaban J connectivity index is 2.48. The minimum absolute atomic E-state index is 0.0856. The molecule has 0 saturated heterocycles. The van der Waals surface area contributed by atoms with Crippen LogP contribution >= 0.6 is 0 Å². The zero-order chi connectivity index (χ0) is 12.6. The number of anilines is 1. The first-order valence-electron chi connectivity index (χ1n) is 5.21. The van der Waals surface area contributed by atoms with Gasteiger partial charge in [-0.1, -0.05) is 6.07 Å². The number of aliphatic carboxylic acids is 1. The zero-order valence-electron chi connectivity index (χ0n) is 9.27. The maximum absolute atomic E-state index is 11.1. The van der Waals surface area contributed by atoms with Crippen LogP contribution in [-0.2, 0) is 10.2 Å². The van der Waals surface area contributed by atoms with Crippen molar-refractivity contribution in [2.75, 3.05) is 12.4 Å². The van der Waals surface area contributed by atoms with Crippen LogP contribution in [0.4, 0.5) is 11.4 Å². The molecule has 1 aromatic rings. The SMILES string of the molecule is CNc1ccc(C2(C(=O)O)CC2)cc1[N+](=O)[O-]. The Hall–Kier alpha value is -2.11. The smallest absolute Gasteiger partial charge is 0.314 e. The molecule has 0 aliphatic heterocycles. The number of nitrogens with zero attached hydrogens (tertiary/aromatic N) is 1. The maximum Gasteiger partial charge on any atom is 0.314 e. The van der Waals surface area contributed by atoms with Crippen molar-refractivity contribution in [3.05, 3.63) is 33.9 Å². The fraction of sp³-hybridized carbons (Fsp3) is 0.364. The lowest BCUT2D eigenvalue weighted by molar-refractivity contribution is -0.384. The Morgan fingerprint density at radius 1 is 1.53 bits per heavy atom. The van der Waals surface area contributed by atoms with Crippen LogP contribution in [0.2, 0.25) is 0 Å². The molecule has 1 aliphatic carbocycles. The van der Waals surface area contributed by atoms with Gasteiger partial charge in [-0.05, 0) is 24.5 Å². The Morgan fingerprint density at radius 2 is 2.18 bits per heavy atom. The molecule has 0 unspecified atom stereocenters. The van der Waals surface area contributed by atoms with Crippen LogP contribution in [-0.4, -0.2) is 23.0 Å². The number of rotatable bonds is 4. The summed E-state index contributed by atoms with van der Waals surface area (Å²) >= 11 is 0. The summed E-state index contributed by atoms with van der Waals surface area (Å²) in [6.07, 6.45) is 1.08. The standard InChI is InChI=1S/C11H12N2O4/c1-12-8-3-2-7(6-9(8)13(16)17)11(4-5-11)10(14)15/h2-3,6,12H,4-5H2,1H3,(H,14,15). The Bertz CT molecular complexity index is 494. The van der Waals surface area contributed by atoms with Crippen molar-refractivity contribution in [1.29, 1.82) is 0 Å². The minimum Gasteiger partial charge on any atom is -0.481 e. The van der Waals surface area contributed by atoms with Gasteiger partial charge in [-0.3, -0.25) is 14.9 Å². The molecule has 2 rings (SSSR count). The van der Waals surface area contributed by atoms with Crippen molar-refractivity contribution in [2.45, 2.75) is 18.3 Å². The number of hydrogen-bond acceptors (Lipinski definition) is 4. The van der Waals surface area contributed by atoms with Crippen LogP contribution in [0, 0.1) is 10.1 Å². The Morgan fingerprint density at radius 3 is 2.59 bits per heavy atom. The number of carboxylic acid groups (broad SMARTS) is 1. The summed E-state index contributed by atoms with van der Waals surface area (Å²) < 4.78 is 0. The number of carbonyl (C=O) groups is 1. The third kappa shape index (κ3) is 1.71. The van der Waals surface area contributed by atoms with E-state index in [1.165, 1.54) is 6.07 Å². The molecule has 6 heteroatoms. The number of nitro groups is 1. The molecule has 6 nitrogen and oxygen atoms in total. The van der Waals surface area contributed by atoms with Crippen LogP contribution in [0.15, 0.2) is 18.2 Å². The van der Waals surface area contributed by atoms with Gasteiger partial charge in [-0.15, -0.1) is 0 Å². The molecule has 1 saturated carbocycles. The van der Waals surface area contributed by atoms with E-state index in [0.717, 1.165) is 0 Å². The van der Waals surface area contributed by atoms with E-state index in [-0.39, 0.29) is 5.69 Å². The molecule has 0 heterocycles. The van der Waals surface area contributed by atoms with Gasteiger partial charge in [0.05, 0.1) is 10.3 Å². The average molecular weight is 236 g/mol. The van der Waals surface area contributed by atoms with Crippen molar-refractivity contribution >= 4 is 17.3 Å². The van der Waals surface area contributed by atoms with E-state index in [9.17, 15) is 14.9 Å². The summed E-state index contributed by atoms with van der Waals surface area (Å²) in [5.41, 5.74) is -0.0926. The summed E-state index contributed by atoms with van der Waals surface area (Å²) in [6.45, 7) is 0. The highest BCUT2D eigenvalue weighted by Gasteiger charge is 2.52. The maximum atomic E-state index is 11.1. The normalized spacial score (nSPS) is 16.3. The van der Waals surface area contributed by atoms with Crippen molar-refractivity contribution in [3.63, 3.8) is 0 Å². The molecule has 1 aliphatic rings. The first kappa shape index (κ1) is 11.4. The Kier molecular flexibility index (Phi) is 2.49. The lowest BCUT2D eigenvalue weighted by atomic mass is 9.95. The van der Waals surface area contributed by atoms with E-state index in [1.807, 2.05) is 0 Å². The molecule has 17 heavy (non-hydrogen) atoms. The molecule has 1 aromatic carbocycles. The summed E-state index contributed by atoms with van der Waals surface area (Å²) in [7, 11) is 1.59. The number of hydrogen-bond donors (Lipinski definition) is 2. The first-order chi connectivity index (χ1) is 8.01. The highest BCUT2D eigenvalue weighted by atomic mass is 16.6. The van der Waals surface area contributed by atoms with Gasteiger partial charge in [0.2, 0.25) is 0 Å². The van der Waals surface area contributed by atoms with Gasteiger partial charge < -0.3 is 10.4 Å². The molecule has 0 amide bonds. The van der Waals surface area contributed by atoms with E-state index < -0.39 is 16.3 Å². The predicted molar refractivity (Wildman–Crippen MR) is 61.2 cm³/mol. The van der Waals surface area contributed by atoms with Gasteiger partial charge in [-0.2, -0.15) is 0 Å². The summed E-state index contributed by atoms with van der Waals surface area (Å²) in [6, 6.07) is 4.55. The van der Waals surface area contributed by atoms with E-state index in [0.29, 0.717) is 24.1 Å². The molecule has 0 radical (unpaired) electrons. The van der Waals surface area contributed by atoms with Gasteiger partial charge >= 0.3 is 5.97 Å². The highest BCUT2D eigenvalue weighted by molar-refractivity contribution is 5.85. The third-order valence-corrected chi connectivity index (χ3v) is 3.18. The first-order valence-corrected chi connectivity index (χ1v) is 5.21. The average Bonchev–Trinajstić information content (AvgIpc) is 3.09. The van der Waals surface area contributed by atoms with Crippen molar-refractivity contribution < 1.29 is 14.8 Å². The predicted octanol–water partition coefficient (Wildman–Crippen LogP) is 1.75. The number of nitro benzene ring substituents is 1. The van der Waals surface area contributed by atoms with E-state index >= 15 is 0 Å². The van der Waals surface area contributed by atoms with Crippen LogP contribution in [0.5, 0.6) is 0 Å². The molecular formula is C11H12N2O4. The molecule has 0 atom stereocenters. The van der Waals surface area contributed by atoms with E-state index in [2.05, 4.69) is 5.32 Å². The van der Waals surface area contributed by atoms with Crippen molar-refractivity contribution in [1.82, 2.24) is 0 Å². The van der Waals surface area contributed by atoms with Gasteiger partial charge in [0, 0.05) is 13.1 Å². The summed E-state index contributed by atoms with van der Waals surface area (Å²) in [5, 5.41) is 22.7. The quantitative estimate of drug-likeness (QED) is 0.613. The highest BCUT2D eigenvalue weighted by Crippen LogP contribution is 2.49. The number of nitrogens with one attached hydrogen (secondary N) is 1. The number of carboxylic acids is 1. The minimum atomic E-state index is -0.913. The fourth-order valence-corrected chi connectivity index (χ4v) is 1.94. The number of benzene rings is 1. The molecule has 1 fully saturated rings. The van der Waals surface area contributed by atoms with Gasteiger partial charge in [0.25, 0.3) is 5.69 Å². The summed E-state index contributed by atoms with van der Waals surface area (Å²) in [5.74, 6) is -0.913. The van der Waals surface area contributed by atoms with Gasteiger partial charge in [0.15, 0.2) is 0 Å². The second kappa shape index (κ2) is 3.73. The van der Waals surface area contributed by atoms with Crippen molar-refractivity contribution in [2.24, 2.45) is 0 Å². The van der Waals surface area contributed by atoms with Crippen LogP contribution in [0.25, 0.3) is 0 Å². The second-order valence-corrected chi connectivity index (χ2v) is 4.13. The molecule has 0 aromatic heterocycles. The third-order valence-electron chi connectivity index (χ3n) is 3.18. The van der Waals surface area contributed by atoms with Crippen LogP contribution < -0.4 is 5.32 Å². The summed E-state index contributed by atoms with van der Waals surface area (Å²) in [4.78, 5) is 21.5. The van der Waals surface area contributed by atoms with Gasteiger partial charge in [-0.25, -0.2) is 0 Å². The molecule has 2 N–H and O–H groups in total. The monoisotopic (exact) mass is 236 g/mol. The topological polar surface area (TPSA) is 92.5 Å². The molecule has 0 spiro atoms. The van der Waals surface area contributed by atoms with E-state index in [1.54, 1.807) is 19.2 Å². The lowest BCUT2D eigenvalue weighted by Gasteiger charge is -2.11.